The number of nitrogens with two attached hydrogens (primary N) is 1. The van der Waals surface area contributed by atoms with Gasteiger partial charge in [-0.1, -0.05) is 65.0 Å². The minimum Gasteiger partial charge on any atom is -0.363 e. The standard InChI is InChI=1S/C33H54N6O7S/c1-8-47(45,46)38(7)18-23(19(2)3)36-31(44)37-27(33(6)14-10-9-11-15-33)30(43)39-17-21-24(32(21,4)5)25(39)29(42)35-22(16-20-12-13-20)26(40)28(34)41/h20-25,27H,2,8-18H2,1,3-7H3,(H2,34,41)(H,35,42)(H2,36,37,44)/t21-,22?,23+,24-,25-,27+/m0/s1. The van der Waals surface area contributed by atoms with Gasteiger partial charge < -0.3 is 26.6 Å². The Bertz CT molecular complexity index is 1390. The number of ketones is 1. The van der Waals surface area contributed by atoms with E-state index in [9.17, 15) is 32.4 Å². The van der Waals surface area contributed by atoms with Crippen molar-refractivity contribution >= 4 is 39.6 Å². The highest BCUT2D eigenvalue weighted by Gasteiger charge is 2.70. The molecule has 4 fully saturated rings. The zero-order valence-corrected chi connectivity index (χ0v) is 29.6. The van der Waals surface area contributed by atoms with Crippen molar-refractivity contribution in [2.75, 3.05) is 25.9 Å². The summed E-state index contributed by atoms with van der Waals surface area (Å²) in [5, 5.41) is 8.55. The normalized spacial score (nSPS) is 26.4. The van der Waals surface area contributed by atoms with Gasteiger partial charge in [0, 0.05) is 20.1 Å². The van der Waals surface area contributed by atoms with Crippen molar-refractivity contribution in [3.63, 3.8) is 0 Å². The van der Waals surface area contributed by atoms with Crippen LogP contribution in [0.4, 0.5) is 4.79 Å². The molecule has 1 unspecified atom stereocenters. The van der Waals surface area contributed by atoms with Crippen molar-refractivity contribution in [1.29, 1.82) is 0 Å². The molecule has 1 aliphatic heterocycles. The molecule has 5 N–H and O–H groups in total. The first-order chi connectivity index (χ1) is 21.8. The first-order valence-corrected chi connectivity index (χ1v) is 18.6. The Labute approximate surface area is 279 Å². The second-order valence-corrected chi connectivity index (χ2v) is 17.6. The number of Topliss-reactive ketones (excluding diaryl/α,β-unsaturated/α-hetero) is 1. The van der Waals surface area contributed by atoms with Crippen molar-refractivity contribution < 1.29 is 32.4 Å². The molecule has 13 nitrogen and oxygen atoms in total. The van der Waals surface area contributed by atoms with Crippen LogP contribution in [0.2, 0.25) is 0 Å². The van der Waals surface area contributed by atoms with Crippen LogP contribution in [0.3, 0.4) is 0 Å². The van der Waals surface area contributed by atoms with Crippen LogP contribution < -0.4 is 21.7 Å². The molecule has 3 saturated carbocycles. The van der Waals surface area contributed by atoms with Gasteiger partial charge in [0.15, 0.2) is 0 Å². The molecule has 0 aromatic rings. The molecule has 264 valence electrons. The monoisotopic (exact) mass is 678 g/mol. The summed E-state index contributed by atoms with van der Waals surface area (Å²) < 4.78 is 26.0. The molecule has 0 aromatic carbocycles. The summed E-state index contributed by atoms with van der Waals surface area (Å²) in [6, 6.07) is -4.22. The molecule has 47 heavy (non-hydrogen) atoms. The van der Waals surface area contributed by atoms with E-state index in [4.69, 9.17) is 5.73 Å². The Morgan fingerprint density at radius 1 is 1.00 bits per heavy atom. The number of piperidine rings is 1. The van der Waals surface area contributed by atoms with Crippen molar-refractivity contribution in [3.8, 4) is 0 Å². The van der Waals surface area contributed by atoms with E-state index < -0.39 is 63.2 Å². The smallest absolute Gasteiger partial charge is 0.315 e. The lowest BCUT2D eigenvalue weighted by Gasteiger charge is -2.43. The Balaban J connectivity index is 1.58. The van der Waals surface area contributed by atoms with Gasteiger partial charge in [-0.05, 0) is 61.7 Å². The highest BCUT2D eigenvalue weighted by atomic mass is 32.2. The topological polar surface area (TPSA) is 188 Å². The number of hydrogen-bond donors (Lipinski definition) is 4. The molecule has 5 amide bonds. The van der Waals surface area contributed by atoms with Gasteiger partial charge in [-0.2, -0.15) is 0 Å². The van der Waals surface area contributed by atoms with Gasteiger partial charge in [0.2, 0.25) is 27.6 Å². The molecule has 14 heteroatoms. The highest BCUT2D eigenvalue weighted by Crippen LogP contribution is 2.65. The molecule has 6 atom stereocenters. The molecule has 0 aromatic heterocycles. The fourth-order valence-corrected chi connectivity index (χ4v) is 8.57. The number of urea groups is 1. The number of nitrogens with one attached hydrogen (secondary N) is 3. The third-order valence-electron chi connectivity index (χ3n) is 11.3. The van der Waals surface area contributed by atoms with Gasteiger partial charge in [-0.15, -0.1) is 0 Å². The van der Waals surface area contributed by atoms with E-state index in [0.717, 1.165) is 32.1 Å². The minimum absolute atomic E-state index is 0.0202. The molecular weight excluding hydrogens is 624 g/mol. The van der Waals surface area contributed by atoms with Crippen LogP contribution in [0, 0.1) is 28.6 Å². The van der Waals surface area contributed by atoms with Gasteiger partial charge in [0.25, 0.3) is 5.91 Å². The number of nitrogens with zero attached hydrogens (tertiary/aromatic N) is 2. The number of amides is 5. The SMILES string of the molecule is C=C(C)[C@@H](CN(C)S(=O)(=O)CC)NC(=O)N[C@H](C(=O)N1C[C@H]2[C@@H]([C@H]1C(=O)NC(CC1CC1)C(=O)C(N)=O)C2(C)C)C1(C)CCCCC1. The second kappa shape index (κ2) is 13.9. The number of carbonyl (C=O) groups is 5. The summed E-state index contributed by atoms with van der Waals surface area (Å²) in [6.45, 7) is 13.6. The van der Waals surface area contributed by atoms with Crippen molar-refractivity contribution in [2.24, 2.45) is 34.3 Å². The minimum atomic E-state index is -3.51. The molecule has 0 bridgehead atoms. The number of hydrogen-bond acceptors (Lipinski definition) is 7. The summed E-state index contributed by atoms with van der Waals surface area (Å²) in [7, 11) is -2.06. The Morgan fingerprint density at radius 2 is 1.62 bits per heavy atom. The average molecular weight is 679 g/mol. The quantitative estimate of drug-likeness (QED) is 0.150. The average Bonchev–Trinajstić information content (AvgIpc) is 3.86. The van der Waals surface area contributed by atoms with E-state index >= 15 is 0 Å². The second-order valence-electron chi connectivity index (χ2n) is 15.2. The first kappa shape index (κ1) is 36.8. The molecule has 4 rings (SSSR count). The summed E-state index contributed by atoms with van der Waals surface area (Å²) in [5.74, 6) is -2.74. The van der Waals surface area contributed by atoms with Crippen LogP contribution in [0.15, 0.2) is 12.2 Å². The third-order valence-corrected chi connectivity index (χ3v) is 13.1. The lowest BCUT2D eigenvalue weighted by molar-refractivity contribution is -0.145. The number of likely N-dealkylation sites (N-methyl/N-ethyl adjacent to an activating group) is 1. The van der Waals surface area contributed by atoms with Crippen LogP contribution in [-0.2, 0) is 29.2 Å². The Hall–Kier alpha value is -3.00. The zero-order chi connectivity index (χ0) is 35.1. The Morgan fingerprint density at radius 3 is 2.15 bits per heavy atom. The number of rotatable bonds is 15. The summed E-state index contributed by atoms with van der Waals surface area (Å²) >= 11 is 0. The fourth-order valence-electron chi connectivity index (χ4n) is 7.76. The Kier molecular flexibility index (Phi) is 10.9. The summed E-state index contributed by atoms with van der Waals surface area (Å²) in [4.78, 5) is 68.2. The molecule has 1 heterocycles. The van der Waals surface area contributed by atoms with E-state index in [1.165, 1.54) is 11.4 Å². The third kappa shape index (κ3) is 8.01. The maximum atomic E-state index is 14.6. The maximum absolute atomic E-state index is 14.6. The molecule has 0 radical (unpaired) electrons. The van der Waals surface area contributed by atoms with Crippen molar-refractivity contribution in [3.05, 3.63) is 12.2 Å². The van der Waals surface area contributed by atoms with Gasteiger partial charge in [0.05, 0.1) is 17.8 Å². The van der Waals surface area contributed by atoms with Gasteiger partial charge >= 0.3 is 6.03 Å². The molecule has 0 spiro atoms. The van der Waals surface area contributed by atoms with E-state index in [1.54, 1.807) is 18.7 Å². The van der Waals surface area contributed by atoms with Gasteiger partial charge in [-0.3, -0.25) is 19.2 Å². The van der Waals surface area contributed by atoms with Crippen LogP contribution in [-0.4, -0.2) is 97.2 Å². The number of primary amides is 1. The number of fused-ring (bicyclic) bond motifs is 1. The van der Waals surface area contributed by atoms with Crippen LogP contribution in [0.25, 0.3) is 0 Å². The predicted octanol–water partition coefficient (Wildman–Crippen LogP) is 1.67. The number of carbonyl (C=O) groups excluding carboxylic acids is 5. The van der Waals surface area contributed by atoms with Gasteiger partial charge in [-0.25, -0.2) is 17.5 Å². The van der Waals surface area contributed by atoms with E-state index in [-0.39, 0.29) is 41.4 Å². The van der Waals surface area contributed by atoms with E-state index in [1.807, 2.05) is 6.92 Å². The van der Waals surface area contributed by atoms with Crippen LogP contribution >= 0.6 is 0 Å². The van der Waals surface area contributed by atoms with Crippen molar-refractivity contribution in [1.82, 2.24) is 25.2 Å². The van der Waals surface area contributed by atoms with E-state index in [2.05, 4.69) is 36.4 Å². The zero-order valence-electron chi connectivity index (χ0n) is 28.8. The number of sulfonamides is 1. The lowest BCUT2D eigenvalue weighted by atomic mass is 9.70. The molecule has 4 aliphatic rings. The van der Waals surface area contributed by atoms with Crippen LogP contribution in [0.1, 0.15) is 86.0 Å². The summed E-state index contributed by atoms with van der Waals surface area (Å²) in [6.07, 6.45) is 6.34. The van der Waals surface area contributed by atoms with Gasteiger partial charge in [0.1, 0.15) is 12.1 Å². The molecule has 1 saturated heterocycles. The van der Waals surface area contributed by atoms with E-state index in [0.29, 0.717) is 31.4 Å². The summed E-state index contributed by atoms with van der Waals surface area (Å²) in [5.41, 5.74) is 5.08. The lowest BCUT2D eigenvalue weighted by Crippen LogP contribution is -2.63. The maximum Gasteiger partial charge on any atom is 0.315 e. The van der Waals surface area contributed by atoms with Crippen molar-refractivity contribution in [2.45, 2.75) is 110 Å². The molecular formula is C33H54N6O7S. The first-order valence-electron chi connectivity index (χ1n) is 16.9. The number of likely N-dealkylation sites (tertiary alicyclic amines) is 1. The molecule has 3 aliphatic carbocycles. The highest BCUT2D eigenvalue weighted by molar-refractivity contribution is 7.89. The van der Waals surface area contributed by atoms with Crippen LogP contribution in [0.5, 0.6) is 0 Å². The largest absolute Gasteiger partial charge is 0.363 e. The predicted molar refractivity (Wildman–Crippen MR) is 177 cm³/mol. The fraction of sp³-hybridized carbons (Fsp3) is 0.788.